The number of halogens is 1. The Bertz CT molecular complexity index is 338. The van der Waals surface area contributed by atoms with Gasteiger partial charge >= 0.3 is 0 Å². The highest BCUT2D eigenvalue weighted by molar-refractivity contribution is 7.16. The normalized spacial score (nSPS) is 12.5. The van der Waals surface area contributed by atoms with Gasteiger partial charge in [-0.2, -0.15) is 0 Å². The second-order valence-electron chi connectivity index (χ2n) is 3.54. The first-order chi connectivity index (χ1) is 7.00. The maximum absolute atomic E-state index is 11.5. The summed E-state index contributed by atoms with van der Waals surface area (Å²) in [5.74, 6) is 0.0812. The van der Waals surface area contributed by atoms with Crippen molar-refractivity contribution >= 4 is 28.8 Å². The van der Waals surface area contributed by atoms with E-state index in [1.165, 1.54) is 11.3 Å². The van der Waals surface area contributed by atoms with Crippen LogP contribution in [0.3, 0.4) is 0 Å². The third-order valence-corrected chi connectivity index (χ3v) is 3.25. The number of likely N-dealkylation sites (N-methyl/N-ethyl adjacent to an activating group) is 1. The standard InChI is InChI=1S/C10H15ClN2OS/c1-7(10(14)13(2)3)12-6-8-4-5-9(11)15-8/h4-5,7,12H,6H2,1-3H3/t7-/m0/s1. The second kappa shape index (κ2) is 5.49. The van der Waals surface area contributed by atoms with Crippen LogP contribution >= 0.6 is 22.9 Å². The Hall–Kier alpha value is -0.580. The van der Waals surface area contributed by atoms with Gasteiger partial charge in [0.25, 0.3) is 0 Å². The van der Waals surface area contributed by atoms with Crippen molar-refractivity contribution in [2.24, 2.45) is 0 Å². The van der Waals surface area contributed by atoms with E-state index < -0.39 is 0 Å². The molecular formula is C10H15ClN2OS. The van der Waals surface area contributed by atoms with E-state index in [1.807, 2.05) is 19.1 Å². The zero-order chi connectivity index (χ0) is 11.4. The minimum absolute atomic E-state index is 0.0812. The summed E-state index contributed by atoms with van der Waals surface area (Å²) >= 11 is 7.33. The highest BCUT2D eigenvalue weighted by atomic mass is 35.5. The Morgan fingerprint density at radius 3 is 2.73 bits per heavy atom. The van der Waals surface area contributed by atoms with Crippen LogP contribution in [0.1, 0.15) is 11.8 Å². The fourth-order valence-corrected chi connectivity index (χ4v) is 2.21. The number of amides is 1. The van der Waals surface area contributed by atoms with E-state index >= 15 is 0 Å². The third-order valence-electron chi connectivity index (χ3n) is 2.02. The Balaban J connectivity index is 2.40. The minimum Gasteiger partial charge on any atom is -0.347 e. The van der Waals surface area contributed by atoms with E-state index in [9.17, 15) is 4.79 Å². The summed E-state index contributed by atoms with van der Waals surface area (Å²) in [4.78, 5) is 14.2. The molecular weight excluding hydrogens is 232 g/mol. The van der Waals surface area contributed by atoms with Crippen molar-refractivity contribution in [2.45, 2.75) is 19.5 Å². The van der Waals surface area contributed by atoms with Crippen LogP contribution in [0.15, 0.2) is 12.1 Å². The van der Waals surface area contributed by atoms with Gasteiger partial charge in [-0.25, -0.2) is 0 Å². The maximum atomic E-state index is 11.5. The summed E-state index contributed by atoms with van der Waals surface area (Å²) in [5.41, 5.74) is 0. The van der Waals surface area contributed by atoms with E-state index in [-0.39, 0.29) is 11.9 Å². The van der Waals surface area contributed by atoms with Crippen molar-refractivity contribution < 1.29 is 4.79 Å². The Morgan fingerprint density at radius 1 is 1.60 bits per heavy atom. The number of nitrogens with zero attached hydrogens (tertiary/aromatic N) is 1. The van der Waals surface area contributed by atoms with Crippen LogP contribution in [0, 0.1) is 0 Å². The lowest BCUT2D eigenvalue weighted by Crippen LogP contribution is -2.40. The van der Waals surface area contributed by atoms with Gasteiger partial charge in [-0.15, -0.1) is 11.3 Å². The average molecular weight is 247 g/mol. The predicted octanol–water partition coefficient (Wildman–Crippen LogP) is 1.97. The van der Waals surface area contributed by atoms with Gasteiger partial charge < -0.3 is 10.2 Å². The van der Waals surface area contributed by atoms with Crippen molar-refractivity contribution in [1.29, 1.82) is 0 Å². The summed E-state index contributed by atoms with van der Waals surface area (Å²) in [6, 6.07) is 3.66. The molecule has 0 saturated carbocycles. The van der Waals surface area contributed by atoms with Gasteiger partial charge in [0.2, 0.25) is 5.91 Å². The summed E-state index contributed by atoms with van der Waals surface area (Å²) in [6.07, 6.45) is 0. The molecule has 3 nitrogen and oxygen atoms in total. The van der Waals surface area contributed by atoms with Crippen LogP contribution in [-0.4, -0.2) is 30.9 Å². The van der Waals surface area contributed by atoms with Crippen LogP contribution in [0.5, 0.6) is 0 Å². The maximum Gasteiger partial charge on any atom is 0.238 e. The molecule has 0 aromatic carbocycles. The molecule has 0 spiro atoms. The van der Waals surface area contributed by atoms with Crippen molar-refractivity contribution in [2.75, 3.05) is 14.1 Å². The molecule has 0 aliphatic rings. The number of nitrogens with one attached hydrogen (secondary N) is 1. The summed E-state index contributed by atoms with van der Waals surface area (Å²) in [5, 5.41) is 3.15. The molecule has 0 radical (unpaired) electrons. The number of thiophene rings is 1. The smallest absolute Gasteiger partial charge is 0.238 e. The zero-order valence-electron chi connectivity index (χ0n) is 9.08. The Kier molecular flexibility index (Phi) is 4.57. The van der Waals surface area contributed by atoms with E-state index in [4.69, 9.17) is 11.6 Å². The predicted molar refractivity (Wildman–Crippen MR) is 64.3 cm³/mol. The molecule has 84 valence electrons. The monoisotopic (exact) mass is 246 g/mol. The van der Waals surface area contributed by atoms with Gasteiger partial charge in [0.05, 0.1) is 10.4 Å². The SMILES string of the molecule is C[C@H](NCc1ccc(Cl)s1)C(=O)N(C)C. The first kappa shape index (κ1) is 12.5. The fourth-order valence-electron chi connectivity index (χ4n) is 1.18. The average Bonchev–Trinajstić information content (AvgIpc) is 2.59. The highest BCUT2D eigenvalue weighted by Crippen LogP contribution is 2.21. The van der Waals surface area contributed by atoms with Gasteiger partial charge in [0, 0.05) is 25.5 Å². The van der Waals surface area contributed by atoms with Crippen LogP contribution in [-0.2, 0) is 11.3 Å². The van der Waals surface area contributed by atoms with E-state index in [0.717, 1.165) is 9.21 Å². The first-order valence-corrected chi connectivity index (χ1v) is 5.89. The van der Waals surface area contributed by atoms with Gasteiger partial charge in [-0.1, -0.05) is 11.6 Å². The lowest BCUT2D eigenvalue weighted by Gasteiger charge is -2.17. The van der Waals surface area contributed by atoms with Crippen molar-refractivity contribution in [3.8, 4) is 0 Å². The first-order valence-electron chi connectivity index (χ1n) is 4.69. The lowest BCUT2D eigenvalue weighted by molar-refractivity contribution is -0.130. The van der Waals surface area contributed by atoms with Crippen LogP contribution in [0.4, 0.5) is 0 Å². The third kappa shape index (κ3) is 3.81. The molecule has 1 aromatic heterocycles. The van der Waals surface area contributed by atoms with Crippen molar-refractivity contribution in [3.63, 3.8) is 0 Å². The molecule has 5 heteroatoms. The van der Waals surface area contributed by atoms with Gasteiger partial charge in [0.1, 0.15) is 0 Å². The second-order valence-corrected chi connectivity index (χ2v) is 5.34. The summed E-state index contributed by atoms with van der Waals surface area (Å²) in [7, 11) is 3.51. The minimum atomic E-state index is -0.166. The number of carbonyl (C=O) groups excluding carboxylic acids is 1. The number of carbonyl (C=O) groups is 1. The van der Waals surface area contributed by atoms with Crippen LogP contribution in [0.2, 0.25) is 4.34 Å². The quantitative estimate of drug-likeness (QED) is 0.881. The molecule has 0 aliphatic carbocycles. The van der Waals surface area contributed by atoms with Crippen molar-refractivity contribution in [1.82, 2.24) is 10.2 Å². The molecule has 0 bridgehead atoms. The van der Waals surface area contributed by atoms with Gasteiger partial charge in [0.15, 0.2) is 0 Å². The summed E-state index contributed by atoms with van der Waals surface area (Å²) in [6.45, 7) is 2.54. The zero-order valence-corrected chi connectivity index (χ0v) is 10.7. The van der Waals surface area contributed by atoms with Crippen LogP contribution < -0.4 is 5.32 Å². The molecule has 0 fully saturated rings. The Labute approximate surface area is 99.0 Å². The molecule has 1 amide bonds. The van der Waals surface area contributed by atoms with Gasteiger partial charge in [-0.05, 0) is 19.1 Å². The summed E-state index contributed by atoms with van der Waals surface area (Å²) < 4.78 is 0.776. The topological polar surface area (TPSA) is 32.3 Å². The lowest BCUT2D eigenvalue weighted by atomic mass is 10.3. The number of rotatable bonds is 4. The van der Waals surface area contributed by atoms with Crippen LogP contribution in [0.25, 0.3) is 0 Å². The molecule has 15 heavy (non-hydrogen) atoms. The van der Waals surface area contributed by atoms with E-state index in [1.54, 1.807) is 19.0 Å². The molecule has 0 unspecified atom stereocenters. The molecule has 1 rings (SSSR count). The molecule has 1 atom stereocenters. The molecule has 0 saturated heterocycles. The van der Waals surface area contributed by atoms with E-state index in [0.29, 0.717) is 6.54 Å². The molecule has 1 heterocycles. The molecule has 1 aromatic rings. The number of hydrogen-bond acceptors (Lipinski definition) is 3. The number of hydrogen-bond donors (Lipinski definition) is 1. The van der Waals surface area contributed by atoms with E-state index in [2.05, 4.69) is 5.32 Å². The Morgan fingerprint density at radius 2 is 2.27 bits per heavy atom. The largest absolute Gasteiger partial charge is 0.347 e. The van der Waals surface area contributed by atoms with Gasteiger partial charge in [-0.3, -0.25) is 4.79 Å². The molecule has 0 aliphatic heterocycles. The highest BCUT2D eigenvalue weighted by Gasteiger charge is 2.13. The fraction of sp³-hybridized carbons (Fsp3) is 0.500. The molecule has 1 N–H and O–H groups in total. The van der Waals surface area contributed by atoms with Crippen molar-refractivity contribution in [3.05, 3.63) is 21.3 Å².